The van der Waals surface area contributed by atoms with Gasteiger partial charge < -0.3 is 15.2 Å². The Labute approximate surface area is 170 Å². The number of guanidine groups is 1. The summed E-state index contributed by atoms with van der Waals surface area (Å²) in [5.41, 5.74) is 0. The van der Waals surface area contributed by atoms with E-state index in [9.17, 15) is 0 Å². The average Bonchev–Trinajstić information content (AvgIpc) is 3.23. The fourth-order valence-electron chi connectivity index (χ4n) is 2.12. The Bertz CT molecular complexity index is 627. The minimum atomic E-state index is 0. The number of halogens is 1. The number of nitrogens with zero attached hydrogens (tertiary/aromatic N) is 3. The van der Waals surface area contributed by atoms with Gasteiger partial charge in [-0.25, -0.2) is 0 Å². The normalized spacial score (nSPS) is 12.8. The van der Waals surface area contributed by atoms with Crippen molar-refractivity contribution in [2.24, 2.45) is 4.99 Å². The summed E-state index contributed by atoms with van der Waals surface area (Å²) < 4.78 is 5.25. The van der Waals surface area contributed by atoms with Crippen molar-refractivity contribution in [2.45, 2.75) is 46.0 Å². The summed E-state index contributed by atoms with van der Waals surface area (Å²) in [5, 5.41) is 12.7. The third-order valence-electron chi connectivity index (χ3n) is 3.53. The zero-order valence-corrected chi connectivity index (χ0v) is 18.4. The van der Waals surface area contributed by atoms with Crippen LogP contribution in [0.4, 0.5) is 0 Å². The molecule has 0 radical (unpaired) electrons. The highest BCUT2D eigenvalue weighted by Gasteiger charge is 2.10. The van der Waals surface area contributed by atoms with E-state index in [0.29, 0.717) is 24.8 Å². The van der Waals surface area contributed by atoms with Crippen molar-refractivity contribution >= 4 is 41.3 Å². The SMILES string of the molecule is CCNC(=NCC(C)c1cccs1)NCCc1nc(C(C)C)no1.I. The molecule has 0 aliphatic heterocycles. The van der Waals surface area contributed by atoms with Gasteiger partial charge in [-0.05, 0) is 18.4 Å². The predicted octanol–water partition coefficient (Wildman–Crippen LogP) is 3.77. The van der Waals surface area contributed by atoms with Gasteiger partial charge in [-0.2, -0.15) is 4.98 Å². The molecular formula is C17H28IN5OS. The highest BCUT2D eigenvalue weighted by molar-refractivity contribution is 14.0. The number of rotatable bonds is 8. The number of thiophene rings is 1. The maximum atomic E-state index is 5.25. The van der Waals surface area contributed by atoms with Crippen molar-refractivity contribution < 1.29 is 4.52 Å². The molecule has 140 valence electrons. The predicted molar refractivity (Wildman–Crippen MR) is 114 cm³/mol. The molecule has 8 heteroatoms. The maximum Gasteiger partial charge on any atom is 0.228 e. The fourth-order valence-corrected chi connectivity index (χ4v) is 2.90. The van der Waals surface area contributed by atoms with Crippen LogP contribution in [0.25, 0.3) is 0 Å². The molecule has 0 amide bonds. The number of hydrogen-bond donors (Lipinski definition) is 2. The lowest BCUT2D eigenvalue weighted by Gasteiger charge is -2.12. The number of hydrogen-bond acceptors (Lipinski definition) is 5. The summed E-state index contributed by atoms with van der Waals surface area (Å²) in [6.07, 6.45) is 0.685. The van der Waals surface area contributed by atoms with Crippen molar-refractivity contribution in [1.29, 1.82) is 0 Å². The van der Waals surface area contributed by atoms with Gasteiger partial charge in [0.15, 0.2) is 11.8 Å². The average molecular weight is 477 g/mol. The van der Waals surface area contributed by atoms with Crippen LogP contribution in [0.3, 0.4) is 0 Å². The van der Waals surface area contributed by atoms with Crippen LogP contribution in [-0.2, 0) is 6.42 Å². The van der Waals surface area contributed by atoms with Gasteiger partial charge in [0.25, 0.3) is 0 Å². The van der Waals surface area contributed by atoms with E-state index in [1.165, 1.54) is 4.88 Å². The molecule has 1 atom stereocenters. The molecule has 25 heavy (non-hydrogen) atoms. The van der Waals surface area contributed by atoms with Gasteiger partial charge in [0.1, 0.15) is 0 Å². The zero-order valence-electron chi connectivity index (χ0n) is 15.3. The first-order valence-electron chi connectivity index (χ1n) is 8.48. The first kappa shape index (κ1) is 21.9. The van der Waals surface area contributed by atoms with E-state index < -0.39 is 0 Å². The Morgan fingerprint density at radius 1 is 1.32 bits per heavy atom. The second kappa shape index (κ2) is 11.5. The van der Waals surface area contributed by atoms with E-state index in [1.54, 1.807) is 11.3 Å². The van der Waals surface area contributed by atoms with E-state index >= 15 is 0 Å². The van der Waals surface area contributed by atoms with E-state index in [-0.39, 0.29) is 29.9 Å². The zero-order chi connectivity index (χ0) is 17.4. The van der Waals surface area contributed by atoms with Crippen LogP contribution in [-0.4, -0.2) is 35.7 Å². The quantitative estimate of drug-likeness (QED) is 0.344. The van der Waals surface area contributed by atoms with Crippen LogP contribution in [0.2, 0.25) is 0 Å². The Morgan fingerprint density at radius 2 is 2.12 bits per heavy atom. The Balaban J connectivity index is 0.00000312. The van der Waals surface area contributed by atoms with Crippen molar-refractivity contribution in [3.05, 3.63) is 34.1 Å². The number of nitrogens with one attached hydrogen (secondary N) is 2. The summed E-state index contributed by atoms with van der Waals surface area (Å²) in [6.45, 7) is 10.7. The van der Waals surface area contributed by atoms with Gasteiger partial charge in [-0.3, -0.25) is 4.99 Å². The third-order valence-corrected chi connectivity index (χ3v) is 4.63. The molecule has 0 saturated heterocycles. The molecule has 2 heterocycles. The molecule has 0 aromatic carbocycles. The second-order valence-electron chi connectivity index (χ2n) is 6.01. The minimum Gasteiger partial charge on any atom is -0.357 e. The Kier molecular flexibility index (Phi) is 10.0. The van der Waals surface area contributed by atoms with Gasteiger partial charge in [0.2, 0.25) is 5.89 Å². The smallest absolute Gasteiger partial charge is 0.228 e. The summed E-state index contributed by atoms with van der Waals surface area (Å²) in [6, 6.07) is 4.24. The van der Waals surface area contributed by atoms with E-state index in [4.69, 9.17) is 4.52 Å². The van der Waals surface area contributed by atoms with E-state index in [0.717, 1.165) is 24.9 Å². The fraction of sp³-hybridized carbons (Fsp3) is 0.588. The molecular weight excluding hydrogens is 449 g/mol. The maximum absolute atomic E-state index is 5.25. The molecule has 2 aromatic rings. The first-order valence-corrected chi connectivity index (χ1v) is 9.36. The molecule has 2 aromatic heterocycles. The van der Waals surface area contributed by atoms with Gasteiger partial charge in [0, 0.05) is 36.2 Å². The van der Waals surface area contributed by atoms with Crippen LogP contribution >= 0.6 is 35.3 Å². The summed E-state index contributed by atoms with van der Waals surface area (Å²) in [5.74, 6) is 2.95. The molecule has 2 rings (SSSR count). The minimum absolute atomic E-state index is 0. The standard InChI is InChI=1S/C17H27N5OS.HI/c1-5-18-17(20-11-13(4)14-7-6-10-24-14)19-9-8-15-21-16(12(2)3)22-23-15;/h6-7,10,12-13H,5,8-9,11H2,1-4H3,(H2,18,19,20);1H. The van der Waals surface area contributed by atoms with Crippen molar-refractivity contribution in [1.82, 2.24) is 20.8 Å². The lowest BCUT2D eigenvalue weighted by atomic mass is 10.1. The van der Waals surface area contributed by atoms with E-state index in [1.807, 2.05) is 0 Å². The lowest BCUT2D eigenvalue weighted by Crippen LogP contribution is -2.38. The number of aromatic nitrogens is 2. The van der Waals surface area contributed by atoms with Crippen LogP contribution in [0, 0.1) is 0 Å². The summed E-state index contributed by atoms with van der Waals surface area (Å²) >= 11 is 1.78. The molecule has 1 unspecified atom stereocenters. The van der Waals surface area contributed by atoms with Gasteiger partial charge in [0.05, 0.1) is 6.54 Å². The molecule has 2 N–H and O–H groups in total. The Morgan fingerprint density at radius 3 is 2.72 bits per heavy atom. The van der Waals surface area contributed by atoms with Crippen molar-refractivity contribution in [2.75, 3.05) is 19.6 Å². The van der Waals surface area contributed by atoms with Crippen LogP contribution < -0.4 is 10.6 Å². The molecule has 0 aliphatic carbocycles. The molecule has 0 bridgehead atoms. The monoisotopic (exact) mass is 477 g/mol. The van der Waals surface area contributed by atoms with Crippen LogP contribution in [0.1, 0.15) is 56.1 Å². The largest absolute Gasteiger partial charge is 0.357 e. The van der Waals surface area contributed by atoms with Crippen LogP contribution in [0.5, 0.6) is 0 Å². The van der Waals surface area contributed by atoms with Crippen molar-refractivity contribution in [3.8, 4) is 0 Å². The van der Waals surface area contributed by atoms with Crippen LogP contribution in [0.15, 0.2) is 27.0 Å². The highest BCUT2D eigenvalue weighted by atomic mass is 127. The third kappa shape index (κ3) is 7.31. The molecule has 6 nitrogen and oxygen atoms in total. The molecule has 0 spiro atoms. The summed E-state index contributed by atoms with van der Waals surface area (Å²) in [4.78, 5) is 10.4. The van der Waals surface area contributed by atoms with E-state index in [2.05, 4.69) is 71.0 Å². The van der Waals surface area contributed by atoms with Gasteiger partial charge >= 0.3 is 0 Å². The molecule has 0 aliphatic rings. The van der Waals surface area contributed by atoms with Crippen molar-refractivity contribution in [3.63, 3.8) is 0 Å². The topological polar surface area (TPSA) is 75.3 Å². The molecule has 0 fully saturated rings. The van der Waals surface area contributed by atoms with Gasteiger partial charge in [-0.15, -0.1) is 35.3 Å². The lowest BCUT2D eigenvalue weighted by molar-refractivity contribution is 0.371. The number of aliphatic imine (C=N–C) groups is 1. The first-order chi connectivity index (χ1) is 11.6. The molecule has 0 saturated carbocycles. The summed E-state index contributed by atoms with van der Waals surface area (Å²) in [7, 11) is 0. The highest BCUT2D eigenvalue weighted by Crippen LogP contribution is 2.20. The van der Waals surface area contributed by atoms with Gasteiger partial charge in [-0.1, -0.05) is 32.0 Å². The Hall–Kier alpha value is -1.16. The second-order valence-corrected chi connectivity index (χ2v) is 6.99.